The van der Waals surface area contributed by atoms with Gasteiger partial charge in [-0.1, -0.05) is 42.1 Å². The molecule has 6 nitrogen and oxygen atoms in total. The number of hydrogen-bond acceptors (Lipinski definition) is 6. The second-order valence-electron chi connectivity index (χ2n) is 5.37. The molecule has 0 N–H and O–H groups in total. The fraction of sp³-hybridized carbons (Fsp3) is 0.111. The maximum Gasteiger partial charge on any atom is 0.205 e. The van der Waals surface area contributed by atoms with Gasteiger partial charge in [0.15, 0.2) is 16.7 Å². The van der Waals surface area contributed by atoms with E-state index in [0.717, 1.165) is 27.9 Å². The molecule has 3 aromatic heterocycles. The van der Waals surface area contributed by atoms with Crippen LogP contribution in [-0.4, -0.2) is 24.7 Å². The van der Waals surface area contributed by atoms with E-state index >= 15 is 0 Å². The predicted molar refractivity (Wildman–Crippen MR) is 95.7 cm³/mol. The SMILES string of the molecule is Cn1c(SCc2ncc(-c3ccccc3)o2)nnc1-c1ccncc1. The lowest BCUT2D eigenvalue weighted by Crippen LogP contribution is -1.95. The number of thioether (sulfide) groups is 1. The Bertz CT molecular complexity index is 966. The normalized spacial score (nSPS) is 10.9. The van der Waals surface area contributed by atoms with Crippen molar-refractivity contribution >= 4 is 11.8 Å². The van der Waals surface area contributed by atoms with E-state index in [0.29, 0.717) is 11.6 Å². The lowest BCUT2D eigenvalue weighted by Gasteiger charge is -2.02. The summed E-state index contributed by atoms with van der Waals surface area (Å²) in [5.41, 5.74) is 2.00. The molecule has 7 heteroatoms. The first-order valence-corrected chi connectivity index (χ1v) is 8.72. The van der Waals surface area contributed by atoms with Gasteiger partial charge in [0.05, 0.1) is 11.9 Å². The van der Waals surface area contributed by atoms with Gasteiger partial charge in [-0.3, -0.25) is 4.98 Å². The predicted octanol–water partition coefficient (Wildman–Crippen LogP) is 3.82. The summed E-state index contributed by atoms with van der Waals surface area (Å²) in [4.78, 5) is 8.38. The minimum absolute atomic E-state index is 0.592. The number of hydrogen-bond donors (Lipinski definition) is 0. The smallest absolute Gasteiger partial charge is 0.205 e. The third-order valence-electron chi connectivity index (χ3n) is 3.71. The molecule has 4 rings (SSSR count). The molecule has 25 heavy (non-hydrogen) atoms. The maximum absolute atomic E-state index is 5.83. The van der Waals surface area contributed by atoms with Crippen LogP contribution in [0.15, 0.2) is 70.6 Å². The van der Waals surface area contributed by atoms with E-state index in [1.807, 2.05) is 54.1 Å². The summed E-state index contributed by atoms with van der Waals surface area (Å²) in [6, 6.07) is 13.8. The molecule has 0 saturated heterocycles. The number of oxazole rings is 1. The Balaban J connectivity index is 1.48. The molecule has 0 unspecified atom stereocenters. The van der Waals surface area contributed by atoms with Crippen LogP contribution in [0.1, 0.15) is 5.89 Å². The van der Waals surface area contributed by atoms with Gasteiger partial charge < -0.3 is 8.98 Å². The zero-order valence-corrected chi connectivity index (χ0v) is 14.3. The van der Waals surface area contributed by atoms with Crippen molar-refractivity contribution in [3.05, 3.63) is 66.9 Å². The summed E-state index contributed by atoms with van der Waals surface area (Å²) in [5.74, 6) is 2.83. The lowest BCUT2D eigenvalue weighted by molar-refractivity contribution is 0.529. The van der Waals surface area contributed by atoms with Crippen LogP contribution >= 0.6 is 11.8 Å². The first-order valence-electron chi connectivity index (χ1n) is 7.74. The highest BCUT2D eigenvalue weighted by atomic mass is 32.2. The molecule has 0 aliphatic carbocycles. The van der Waals surface area contributed by atoms with Crippen molar-refractivity contribution in [3.8, 4) is 22.7 Å². The average Bonchev–Trinajstić information content (AvgIpc) is 3.28. The van der Waals surface area contributed by atoms with Crippen LogP contribution in [0, 0.1) is 0 Å². The number of rotatable bonds is 5. The molecule has 1 aromatic carbocycles. The van der Waals surface area contributed by atoms with Crippen molar-refractivity contribution < 1.29 is 4.42 Å². The monoisotopic (exact) mass is 349 g/mol. The third-order valence-corrected chi connectivity index (χ3v) is 4.72. The van der Waals surface area contributed by atoms with Crippen molar-refractivity contribution in [1.82, 2.24) is 24.7 Å². The number of pyridine rings is 1. The number of nitrogens with zero attached hydrogens (tertiary/aromatic N) is 5. The molecular weight excluding hydrogens is 334 g/mol. The molecule has 124 valence electrons. The molecule has 0 radical (unpaired) electrons. The molecule has 0 bridgehead atoms. The Labute approximate surface area is 149 Å². The Morgan fingerprint density at radius 1 is 1.00 bits per heavy atom. The molecular formula is C18H15N5OS. The summed E-state index contributed by atoms with van der Waals surface area (Å²) < 4.78 is 7.78. The molecule has 0 spiro atoms. The Morgan fingerprint density at radius 2 is 1.80 bits per heavy atom. The van der Waals surface area contributed by atoms with E-state index in [1.54, 1.807) is 30.4 Å². The van der Waals surface area contributed by atoms with Crippen molar-refractivity contribution in [1.29, 1.82) is 0 Å². The number of aromatic nitrogens is 5. The highest BCUT2D eigenvalue weighted by molar-refractivity contribution is 7.98. The first-order chi connectivity index (χ1) is 12.3. The summed E-state index contributed by atoms with van der Waals surface area (Å²) in [6.07, 6.45) is 5.24. The van der Waals surface area contributed by atoms with E-state index in [2.05, 4.69) is 20.2 Å². The van der Waals surface area contributed by atoms with E-state index < -0.39 is 0 Å². The lowest BCUT2D eigenvalue weighted by atomic mass is 10.2. The number of benzene rings is 1. The Morgan fingerprint density at radius 3 is 2.60 bits per heavy atom. The van der Waals surface area contributed by atoms with E-state index in [1.165, 1.54) is 0 Å². The van der Waals surface area contributed by atoms with Gasteiger partial charge in [-0.15, -0.1) is 10.2 Å². The van der Waals surface area contributed by atoms with E-state index in [4.69, 9.17) is 4.42 Å². The van der Waals surface area contributed by atoms with Gasteiger partial charge in [0, 0.05) is 30.6 Å². The van der Waals surface area contributed by atoms with Gasteiger partial charge in [0.1, 0.15) is 0 Å². The molecule has 0 atom stereocenters. The maximum atomic E-state index is 5.83. The van der Waals surface area contributed by atoms with Gasteiger partial charge in [-0.25, -0.2) is 4.98 Å². The zero-order chi connectivity index (χ0) is 17.1. The van der Waals surface area contributed by atoms with Crippen molar-refractivity contribution in [3.63, 3.8) is 0 Å². The van der Waals surface area contributed by atoms with Crippen LogP contribution in [-0.2, 0) is 12.8 Å². The Hall–Kier alpha value is -2.93. The van der Waals surface area contributed by atoms with Crippen LogP contribution in [0.5, 0.6) is 0 Å². The first kappa shape index (κ1) is 15.6. The second kappa shape index (κ2) is 6.90. The fourth-order valence-electron chi connectivity index (χ4n) is 2.43. The second-order valence-corrected chi connectivity index (χ2v) is 6.32. The standard InChI is InChI=1S/C18H15N5OS/c1-23-17(14-7-9-19-10-8-14)21-22-18(23)25-12-16-20-11-15(24-16)13-5-3-2-4-6-13/h2-11H,12H2,1H3. The van der Waals surface area contributed by atoms with Gasteiger partial charge in [-0.05, 0) is 12.1 Å². The zero-order valence-electron chi connectivity index (χ0n) is 13.5. The van der Waals surface area contributed by atoms with Crippen LogP contribution < -0.4 is 0 Å². The summed E-state index contributed by atoms with van der Waals surface area (Å²) >= 11 is 1.54. The Kier molecular flexibility index (Phi) is 4.30. The van der Waals surface area contributed by atoms with Crippen molar-refractivity contribution in [2.75, 3.05) is 0 Å². The van der Waals surface area contributed by atoms with Gasteiger partial charge >= 0.3 is 0 Å². The van der Waals surface area contributed by atoms with Crippen LogP contribution in [0.2, 0.25) is 0 Å². The molecule has 0 fully saturated rings. The minimum atomic E-state index is 0.592. The molecule has 0 amide bonds. The highest BCUT2D eigenvalue weighted by Gasteiger charge is 2.13. The quantitative estimate of drug-likeness (QED) is 0.510. The average molecular weight is 349 g/mol. The van der Waals surface area contributed by atoms with Crippen molar-refractivity contribution in [2.45, 2.75) is 10.9 Å². The molecule has 4 aromatic rings. The molecule has 0 saturated carbocycles. The van der Waals surface area contributed by atoms with Crippen LogP contribution in [0.4, 0.5) is 0 Å². The van der Waals surface area contributed by atoms with E-state index in [9.17, 15) is 0 Å². The summed E-state index contributed by atoms with van der Waals surface area (Å²) in [7, 11) is 1.95. The largest absolute Gasteiger partial charge is 0.440 e. The van der Waals surface area contributed by atoms with Crippen molar-refractivity contribution in [2.24, 2.45) is 7.05 Å². The van der Waals surface area contributed by atoms with Gasteiger partial charge in [0.2, 0.25) is 5.89 Å². The van der Waals surface area contributed by atoms with Gasteiger partial charge in [0.25, 0.3) is 0 Å². The van der Waals surface area contributed by atoms with Crippen LogP contribution in [0.3, 0.4) is 0 Å². The summed E-state index contributed by atoms with van der Waals surface area (Å²) in [5, 5.41) is 9.33. The highest BCUT2D eigenvalue weighted by Crippen LogP contribution is 2.26. The molecule has 3 heterocycles. The summed E-state index contributed by atoms with van der Waals surface area (Å²) in [6.45, 7) is 0. The fourth-order valence-corrected chi connectivity index (χ4v) is 3.20. The van der Waals surface area contributed by atoms with Crippen LogP contribution in [0.25, 0.3) is 22.7 Å². The third kappa shape index (κ3) is 3.32. The van der Waals surface area contributed by atoms with E-state index in [-0.39, 0.29) is 0 Å². The molecule has 0 aliphatic heterocycles. The minimum Gasteiger partial charge on any atom is -0.440 e. The van der Waals surface area contributed by atoms with Gasteiger partial charge in [-0.2, -0.15) is 0 Å². The topological polar surface area (TPSA) is 69.6 Å². The molecule has 0 aliphatic rings.